The number of rotatable bonds is 3. The molecule has 3 N–H and O–H groups in total. The van der Waals surface area contributed by atoms with Crippen molar-refractivity contribution in [1.82, 2.24) is 0 Å². The third kappa shape index (κ3) is 24.7. The van der Waals surface area contributed by atoms with Gasteiger partial charge in [-0.1, -0.05) is 0 Å². The van der Waals surface area contributed by atoms with Crippen LogP contribution in [0.2, 0.25) is 0 Å². The Morgan fingerprint density at radius 2 is 1.46 bits per heavy atom. The molecule has 0 heterocycles. The molecule has 0 aliphatic rings. The molecular formula is C8H18O5. The van der Waals surface area contributed by atoms with Gasteiger partial charge in [0.1, 0.15) is 0 Å². The highest BCUT2D eigenvalue weighted by Crippen LogP contribution is 1.98. The summed E-state index contributed by atoms with van der Waals surface area (Å²) in [5.41, 5.74) is 0. The van der Waals surface area contributed by atoms with Gasteiger partial charge in [0.05, 0.1) is 19.3 Å². The van der Waals surface area contributed by atoms with Gasteiger partial charge < -0.3 is 20.1 Å². The molecule has 0 bridgehead atoms. The number of hydrogen-bond donors (Lipinski definition) is 3. The predicted molar refractivity (Wildman–Crippen MR) is 47.6 cm³/mol. The van der Waals surface area contributed by atoms with Crippen molar-refractivity contribution in [2.75, 3.05) is 7.11 Å². The van der Waals surface area contributed by atoms with Crippen LogP contribution < -0.4 is 0 Å². The molecule has 80 valence electrons. The van der Waals surface area contributed by atoms with Gasteiger partial charge in [0.2, 0.25) is 0 Å². The lowest BCUT2D eigenvalue weighted by Crippen LogP contribution is -2.06. The number of hydrogen-bond acceptors (Lipinski definition) is 4. The number of methoxy groups -OCH3 is 1. The highest BCUT2D eigenvalue weighted by molar-refractivity contribution is 5.56. The van der Waals surface area contributed by atoms with Gasteiger partial charge in [-0.05, 0) is 26.7 Å². The van der Waals surface area contributed by atoms with E-state index in [-0.39, 0.29) is 12.2 Å². The van der Waals surface area contributed by atoms with Crippen molar-refractivity contribution < 1.29 is 24.9 Å². The topological polar surface area (TPSA) is 87.0 Å². The second-order valence-electron chi connectivity index (χ2n) is 2.75. The fourth-order valence-corrected chi connectivity index (χ4v) is 0.482. The van der Waals surface area contributed by atoms with Crippen LogP contribution in [0.1, 0.15) is 26.7 Å². The average Bonchev–Trinajstić information content (AvgIpc) is 2.02. The molecule has 0 aromatic heterocycles. The predicted octanol–water partition coefficient (Wildman–Crippen LogP) is 0.839. The van der Waals surface area contributed by atoms with Gasteiger partial charge >= 0.3 is 6.16 Å². The fraction of sp³-hybridized carbons (Fsp3) is 0.875. The summed E-state index contributed by atoms with van der Waals surface area (Å²) in [7, 11) is 1.10. The molecule has 13 heavy (non-hydrogen) atoms. The third-order valence-electron chi connectivity index (χ3n) is 1.18. The van der Waals surface area contributed by atoms with Crippen molar-refractivity contribution in [2.45, 2.75) is 38.9 Å². The van der Waals surface area contributed by atoms with Crippen LogP contribution in [0.5, 0.6) is 0 Å². The van der Waals surface area contributed by atoms with Crippen molar-refractivity contribution in [3.8, 4) is 0 Å². The molecule has 0 aliphatic heterocycles. The first-order valence-corrected chi connectivity index (χ1v) is 4.03. The summed E-state index contributed by atoms with van der Waals surface area (Å²) in [6, 6.07) is 0. The molecule has 0 aromatic rings. The minimum absolute atomic E-state index is 0.274. The normalized spacial score (nSPS) is 13.6. The Kier molecular flexibility index (Phi) is 10.5. The van der Waals surface area contributed by atoms with E-state index in [0.29, 0.717) is 12.8 Å². The summed E-state index contributed by atoms with van der Waals surface area (Å²) in [4.78, 5) is 9.15. The van der Waals surface area contributed by atoms with Crippen LogP contribution in [0.25, 0.3) is 0 Å². The van der Waals surface area contributed by atoms with Gasteiger partial charge in [-0.15, -0.1) is 0 Å². The van der Waals surface area contributed by atoms with Crippen LogP contribution in [0, 0.1) is 0 Å². The van der Waals surface area contributed by atoms with Crippen LogP contribution in [0.3, 0.4) is 0 Å². The van der Waals surface area contributed by atoms with Crippen molar-refractivity contribution in [3.63, 3.8) is 0 Å². The summed E-state index contributed by atoms with van der Waals surface area (Å²) in [6.07, 6.45) is -0.408. The summed E-state index contributed by atoms with van der Waals surface area (Å²) in [5.74, 6) is 0. The molecule has 0 rings (SSSR count). The maximum Gasteiger partial charge on any atom is 0.505 e. The molecule has 0 saturated heterocycles. The molecule has 2 atom stereocenters. The number of aliphatic hydroxyl groups is 2. The molecule has 0 amide bonds. The minimum atomic E-state index is -1.25. The van der Waals surface area contributed by atoms with Gasteiger partial charge in [-0.3, -0.25) is 0 Å². The highest BCUT2D eigenvalue weighted by Gasteiger charge is 1.98. The molecule has 0 aromatic carbocycles. The molecule has 0 spiro atoms. The summed E-state index contributed by atoms with van der Waals surface area (Å²) >= 11 is 0. The summed E-state index contributed by atoms with van der Waals surface area (Å²) in [6.45, 7) is 3.45. The van der Waals surface area contributed by atoms with Gasteiger partial charge in [0, 0.05) is 0 Å². The Morgan fingerprint density at radius 3 is 1.54 bits per heavy atom. The Bertz CT molecular complexity index is 114. The lowest BCUT2D eigenvalue weighted by molar-refractivity contribution is 0.114. The number of aliphatic hydroxyl groups excluding tert-OH is 2. The monoisotopic (exact) mass is 194 g/mol. The van der Waals surface area contributed by atoms with Crippen LogP contribution in [0.15, 0.2) is 0 Å². The SMILES string of the molecule is CC(O)CCC(C)O.COC(=O)O. The van der Waals surface area contributed by atoms with E-state index in [4.69, 9.17) is 20.1 Å². The Labute approximate surface area is 78.0 Å². The molecule has 5 heteroatoms. The van der Waals surface area contributed by atoms with E-state index in [1.165, 1.54) is 0 Å². The molecule has 0 saturated carbocycles. The number of carboxylic acid groups (broad SMARTS) is 1. The van der Waals surface area contributed by atoms with E-state index >= 15 is 0 Å². The smallest absolute Gasteiger partial charge is 0.450 e. The first kappa shape index (κ1) is 14.7. The zero-order chi connectivity index (χ0) is 10.9. The number of carbonyl (C=O) groups is 1. The maximum absolute atomic E-state index is 9.15. The minimum Gasteiger partial charge on any atom is -0.450 e. The average molecular weight is 194 g/mol. The highest BCUT2D eigenvalue weighted by atomic mass is 16.6. The Morgan fingerprint density at radius 1 is 1.23 bits per heavy atom. The summed E-state index contributed by atoms with van der Waals surface area (Å²) in [5, 5.41) is 24.9. The zero-order valence-corrected chi connectivity index (χ0v) is 8.23. The Balaban J connectivity index is 0. The second-order valence-corrected chi connectivity index (χ2v) is 2.75. The number of ether oxygens (including phenoxy) is 1. The van der Waals surface area contributed by atoms with Crippen LogP contribution in [-0.4, -0.2) is 40.8 Å². The van der Waals surface area contributed by atoms with Crippen LogP contribution in [-0.2, 0) is 4.74 Å². The van der Waals surface area contributed by atoms with E-state index in [0.717, 1.165) is 7.11 Å². The molecule has 2 unspecified atom stereocenters. The largest absolute Gasteiger partial charge is 0.505 e. The quantitative estimate of drug-likeness (QED) is 0.579. The van der Waals surface area contributed by atoms with E-state index in [1.54, 1.807) is 13.8 Å². The molecule has 0 radical (unpaired) electrons. The first-order valence-electron chi connectivity index (χ1n) is 4.03. The summed E-state index contributed by atoms with van der Waals surface area (Å²) < 4.78 is 3.67. The van der Waals surface area contributed by atoms with Crippen LogP contribution >= 0.6 is 0 Å². The van der Waals surface area contributed by atoms with Gasteiger partial charge in [-0.25, -0.2) is 4.79 Å². The molecule has 5 nitrogen and oxygen atoms in total. The zero-order valence-electron chi connectivity index (χ0n) is 8.23. The van der Waals surface area contributed by atoms with E-state index in [1.807, 2.05) is 0 Å². The third-order valence-corrected chi connectivity index (χ3v) is 1.18. The molecule has 0 aliphatic carbocycles. The van der Waals surface area contributed by atoms with Gasteiger partial charge in [0.25, 0.3) is 0 Å². The lowest BCUT2D eigenvalue weighted by atomic mass is 10.1. The first-order chi connectivity index (χ1) is 5.90. The lowest BCUT2D eigenvalue weighted by Gasteiger charge is -2.04. The van der Waals surface area contributed by atoms with Gasteiger partial charge in [0.15, 0.2) is 0 Å². The maximum atomic E-state index is 9.15. The molecule has 0 fully saturated rings. The second kappa shape index (κ2) is 9.28. The van der Waals surface area contributed by atoms with Crippen molar-refractivity contribution in [3.05, 3.63) is 0 Å². The fourth-order valence-electron chi connectivity index (χ4n) is 0.482. The van der Waals surface area contributed by atoms with Crippen LogP contribution in [0.4, 0.5) is 4.79 Å². The standard InChI is InChI=1S/C6H14O2.C2H4O3/c1-5(7)3-4-6(2)8;1-5-2(3)4/h5-8H,3-4H2,1-2H3;1H3,(H,3,4). The van der Waals surface area contributed by atoms with E-state index in [9.17, 15) is 0 Å². The van der Waals surface area contributed by atoms with E-state index < -0.39 is 6.16 Å². The Hall–Kier alpha value is -0.810. The molecular weight excluding hydrogens is 176 g/mol. The van der Waals surface area contributed by atoms with Crippen molar-refractivity contribution in [1.29, 1.82) is 0 Å². The van der Waals surface area contributed by atoms with Crippen molar-refractivity contribution in [2.24, 2.45) is 0 Å². The van der Waals surface area contributed by atoms with Crippen molar-refractivity contribution >= 4 is 6.16 Å². The van der Waals surface area contributed by atoms with E-state index in [2.05, 4.69) is 4.74 Å². The van der Waals surface area contributed by atoms with Gasteiger partial charge in [-0.2, -0.15) is 0 Å².